The smallest absolute Gasteiger partial charge is 0.272 e. The normalized spacial score (nSPS) is 11.1. The SMILES string of the molecule is O=C(Nc1ccc(-n2cnc3ccccc32)nc1)c1cc2ccccc2[nH]1. The number of anilines is 1. The van der Waals surface area contributed by atoms with Gasteiger partial charge in [-0.05, 0) is 36.4 Å². The van der Waals surface area contributed by atoms with Crippen molar-refractivity contribution in [3.63, 3.8) is 0 Å². The lowest BCUT2D eigenvalue weighted by Gasteiger charge is -2.06. The molecule has 3 heterocycles. The number of benzene rings is 2. The van der Waals surface area contributed by atoms with E-state index in [1.54, 1.807) is 12.5 Å². The fraction of sp³-hybridized carbons (Fsp3) is 0. The maximum Gasteiger partial charge on any atom is 0.272 e. The van der Waals surface area contributed by atoms with Crippen LogP contribution in [0.1, 0.15) is 10.5 Å². The Morgan fingerprint density at radius 2 is 1.81 bits per heavy atom. The number of para-hydroxylation sites is 3. The Morgan fingerprint density at radius 3 is 2.67 bits per heavy atom. The van der Waals surface area contributed by atoms with E-state index >= 15 is 0 Å². The predicted molar refractivity (Wildman–Crippen MR) is 105 cm³/mol. The van der Waals surface area contributed by atoms with Crippen LogP contribution in [0.4, 0.5) is 5.69 Å². The van der Waals surface area contributed by atoms with E-state index in [1.807, 2.05) is 71.3 Å². The van der Waals surface area contributed by atoms with E-state index in [4.69, 9.17) is 0 Å². The van der Waals surface area contributed by atoms with Crippen molar-refractivity contribution in [2.24, 2.45) is 0 Å². The number of carbonyl (C=O) groups is 1. The third-order valence-corrected chi connectivity index (χ3v) is 4.48. The molecule has 5 aromatic rings. The molecule has 6 nitrogen and oxygen atoms in total. The molecule has 3 aromatic heterocycles. The van der Waals surface area contributed by atoms with Gasteiger partial charge in [-0.3, -0.25) is 9.36 Å². The second-order valence-corrected chi connectivity index (χ2v) is 6.23. The molecule has 0 unspecified atom stereocenters. The molecule has 0 spiro atoms. The van der Waals surface area contributed by atoms with E-state index in [1.165, 1.54) is 0 Å². The first-order chi connectivity index (χ1) is 13.3. The van der Waals surface area contributed by atoms with E-state index in [2.05, 4.69) is 20.3 Å². The monoisotopic (exact) mass is 353 g/mol. The van der Waals surface area contributed by atoms with Crippen LogP contribution < -0.4 is 5.32 Å². The molecule has 0 aliphatic carbocycles. The molecular formula is C21H15N5O. The predicted octanol–water partition coefficient (Wildman–Crippen LogP) is 4.15. The lowest BCUT2D eigenvalue weighted by molar-refractivity contribution is 0.102. The summed E-state index contributed by atoms with van der Waals surface area (Å²) in [7, 11) is 0. The highest BCUT2D eigenvalue weighted by molar-refractivity contribution is 6.05. The number of carbonyl (C=O) groups excluding carboxylic acids is 1. The molecule has 1 amide bonds. The van der Waals surface area contributed by atoms with Crippen molar-refractivity contribution in [2.75, 3.05) is 5.32 Å². The number of aromatic amines is 1. The number of nitrogens with one attached hydrogen (secondary N) is 2. The minimum atomic E-state index is -0.200. The Hall–Kier alpha value is -3.93. The molecule has 0 aliphatic rings. The zero-order valence-corrected chi connectivity index (χ0v) is 14.3. The Balaban J connectivity index is 1.39. The summed E-state index contributed by atoms with van der Waals surface area (Å²) in [6.07, 6.45) is 3.39. The zero-order chi connectivity index (χ0) is 18.2. The van der Waals surface area contributed by atoms with Crippen LogP contribution in [-0.4, -0.2) is 25.4 Å². The van der Waals surface area contributed by atoms with Crippen LogP contribution in [0.3, 0.4) is 0 Å². The molecule has 0 fully saturated rings. The zero-order valence-electron chi connectivity index (χ0n) is 14.3. The fourth-order valence-corrected chi connectivity index (χ4v) is 3.14. The van der Waals surface area contributed by atoms with Gasteiger partial charge in [0.25, 0.3) is 5.91 Å². The maximum atomic E-state index is 12.5. The van der Waals surface area contributed by atoms with Gasteiger partial charge in [0, 0.05) is 10.9 Å². The highest BCUT2D eigenvalue weighted by Gasteiger charge is 2.10. The molecule has 5 rings (SSSR count). The van der Waals surface area contributed by atoms with Crippen molar-refractivity contribution in [2.45, 2.75) is 0 Å². The lowest BCUT2D eigenvalue weighted by atomic mass is 10.2. The first-order valence-corrected chi connectivity index (χ1v) is 8.55. The molecule has 2 N–H and O–H groups in total. The van der Waals surface area contributed by atoms with Crippen molar-refractivity contribution < 1.29 is 4.79 Å². The molecule has 0 atom stereocenters. The Bertz CT molecular complexity index is 1230. The summed E-state index contributed by atoms with van der Waals surface area (Å²) in [4.78, 5) is 24.4. The number of fused-ring (bicyclic) bond motifs is 2. The third kappa shape index (κ3) is 2.73. The second kappa shape index (κ2) is 6.10. The van der Waals surface area contributed by atoms with Gasteiger partial charge in [-0.25, -0.2) is 9.97 Å². The summed E-state index contributed by atoms with van der Waals surface area (Å²) >= 11 is 0. The van der Waals surface area contributed by atoms with Gasteiger partial charge < -0.3 is 10.3 Å². The number of aromatic nitrogens is 4. The van der Waals surface area contributed by atoms with Gasteiger partial charge in [-0.15, -0.1) is 0 Å². The lowest BCUT2D eigenvalue weighted by Crippen LogP contribution is -2.12. The summed E-state index contributed by atoms with van der Waals surface area (Å²) in [5.74, 6) is 0.543. The van der Waals surface area contributed by atoms with Crippen molar-refractivity contribution in [3.8, 4) is 5.82 Å². The van der Waals surface area contributed by atoms with Crippen molar-refractivity contribution in [1.29, 1.82) is 0 Å². The molecule has 2 aromatic carbocycles. The highest BCUT2D eigenvalue weighted by Crippen LogP contribution is 2.19. The molecule has 130 valence electrons. The molecule has 0 bridgehead atoms. The summed E-state index contributed by atoms with van der Waals surface area (Å²) < 4.78 is 1.92. The standard InChI is InChI=1S/C21H15N5O/c27-21(18-11-14-5-1-2-6-16(14)25-18)24-15-9-10-20(22-12-15)26-13-23-17-7-3-4-8-19(17)26/h1-13,25H,(H,24,27). The minimum absolute atomic E-state index is 0.200. The molecule has 0 saturated heterocycles. The molecule has 27 heavy (non-hydrogen) atoms. The number of amides is 1. The van der Waals surface area contributed by atoms with Gasteiger partial charge in [-0.1, -0.05) is 30.3 Å². The number of imidazole rings is 1. The van der Waals surface area contributed by atoms with Crippen LogP contribution in [0.15, 0.2) is 79.3 Å². The first-order valence-electron chi connectivity index (χ1n) is 8.55. The van der Waals surface area contributed by atoms with Crippen molar-refractivity contribution >= 4 is 33.5 Å². The van der Waals surface area contributed by atoms with Gasteiger partial charge in [-0.2, -0.15) is 0 Å². The largest absolute Gasteiger partial charge is 0.351 e. The van der Waals surface area contributed by atoms with Crippen LogP contribution in [0.5, 0.6) is 0 Å². The number of hydrogen-bond acceptors (Lipinski definition) is 3. The summed E-state index contributed by atoms with van der Waals surface area (Å²) in [6.45, 7) is 0. The van der Waals surface area contributed by atoms with Gasteiger partial charge in [0.15, 0.2) is 0 Å². The van der Waals surface area contributed by atoms with Crippen LogP contribution in [0.25, 0.3) is 27.8 Å². The van der Waals surface area contributed by atoms with Gasteiger partial charge >= 0.3 is 0 Å². The van der Waals surface area contributed by atoms with Gasteiger partial charge in [0.1, 0.15) is 17.8 Å². The number of rotatable bonds is 3. The van der Waals surface area contributed by atoms with Crippen molar-refractivity contribution in [1.82, 2.24) is 19.5 Å². The minimum Gasteiger partial charge on any atom is -0.351 e. The Labute approximate surface area is 154 Å². The summed E-state index contributed by atoms with van der Waals surface area (Å²) in [6, 6.07) is 21.2. The van der Waals surface area contributed by atoms with Gasteiger partial charge in [0.05, 0.1) is 22.9 Å². The quantitative estimate of drug-likeness (QED) is 0.511. The number of H-pyrrole nitrogens is 1. The van der Waals surface area contributed by atoms with Crippen LogP contribution in [0, 0.1) is 0 Å². The molecular weight excluding hydrogens is 338 g/mol. The Kier molecular flexibility index (Phi) is 3.47. The van der Waals surface area contributed by atoms with Crippen LogP contribution in [0.2, 0.25) is 0 Å². The van der Waals surface area contributed by atoms with E-state index in [9.17, 15) is 4.79 Å². The van der Waals surface area contributed by atoms with Crippen LogP contribution in [-0.2, 0) is 0 Å². The van der Waals surface area contributed by atoms with Crippen LogP contribution >= 0.6 is 0 Å². The molecule has 0 radical (unpaired) electrons. The molecule has 0 saturated carbocycles. The number of pyridine rings is 1. The van der Waals surface area contributed by atoms with E-state index < -0.39 is 0 Å². The summed E-state index contributed by atoms with van der Waals surface area (Å²) in [5, 5.41) is 3.87. The first kappa shape index (κ1) is 15.3. The average Bonchev–Trinajstić information content (AvgIpc) is 3.33. The average molecular weight is 353 g/mol. The Morgan fingerprint density at radius 1 is 0.963 bits per heavy atom. The number of nitrogens with zero attached hydrogens (tertiary/aromatic N) is 3. The topological polar surface area (TPSA) is 75.6 Å². The summed E-state index contributed by atoms with van der Waals surface area (Å²) in [5.41, 5.74) is 3.98. The van der Waals surface area contributed by atoms with Crippen molar-refractivity contribution in [3.05, 3.63) is 84.9 Å². The maximum absolute atomic E-state index is 12.5. The second-order valence-electron chi connectivity index (χ2n) is 6.23. The van der Waals surface area contributed by atoms with E-state index in [0.717, 1.165) is 27.8 Å². The highest BCUT2D eigenvalue weighted by atomic mass is 16.1. The van der Waals surface area contributed by atoms with E-state index in [0.29, 0.717) is 11.4 Å². The van der Waals surface area contributed by atoms with Gasteiger partial charge in [0.2, 0.25) is 0 Å². The molecule has 6 heteroatoms. The van der Waals surface area contributed by atoms with E-state index in [-0.39, 0.29) is 5.91 Å². The third-order valence-electron chi connectivity index (χ3n) is 4.48. The number of hydrogen-bond donors (Lipinski definition) is 2. The molecule has 0 aliphatic heterocycles. The fourth-order valence-electron chi connectivity index (χ4n) is 3.14.